The second-order valence-electron chi connectivity index (χ2n) is 4.45. The highest BCUT2D eigenvalue weighted by molar-refractivity contribution is 5.54. The molecule has 18 heavy (non-hydrogen) atoms. The summed E-state index contributed by atoms with van der Waals surface area (Å²) in [6, 6.07) is 16.4. The van der Waals surface area contributed by atoms with Gasteiger partial charge in [0.1, 0.15) is 6.67 Å². The van der Waals surface area contributed by atoms with Gasteiger partial charge in [-0.25, -0.2) is 0 Å². The first-order chi connectivity index (χ1) is 8.84. The maximum absolute atomic E-state index is 5.98. The monoisotopic (exact) mass is 240 g/mol. The van der Waals surface area contributed by atoms with Gasteiger partial charge in [-0.1, -0.05) is 36.4 Å². The van der Waals surface area contributed by atoms with E-state index in [2.05, 4.69) is 36.5 Å². The molecule has 3 nitrogen and oxygen atoms in total. The largest absolute Gasteiger partial charge is 0.378 e. The van der Waals surface area contributed by atoms with E-state index in [0.29, 0.717) is 6.67 Å². The smallest absolute Gasteiger partial charge is 0.158 e. The normalized spacial score (nSPS) is 14.2. The van der Waals surface area contributed by atoms with Crippen LogP contribution < -0.4 is 15.2 Å². The van der Waals surface area contributed by atoms with Crippen molar-refractivity contribution in [3.63, 3.8) is 0 Å². The summed E-state index contributed by atoms with van der Waals surface area (Å²) in [4.78, 5) is 5.98. The average molecular weight is 240 g/mol. The molecule has 0 bridgehead atoms. The fraction of sp³-hybridized carbons (Fsp3) is 0.200. The second-order valence-corrected chi connectivity index (χ2v) is 4.45. The lowest BCUT2D eigenvalue weighted by atomic mass is 10.1. The highest BCUT2D eigenvalue weighted by Crippen LogP contribution is 2.26. The Bertz CT molecular complexity index is 554. The maximum Gasteiger partial charge on any atom is 0.158 e. The molecule has 2 aromatic rings. The van der Waals surface area contributed by atoms with Crippen molar-refractivity contribution in [3.05, 3.63) is 59.7 Å². The molecule has 1 heterocycles. The zero-order valence-electron chi connectivity index (χ0n) is 10.4. The van der Waals surface area contributed by atoms with Gasteiger partial charge in [-0.3, -0.25) is 5.32 Å². The summed E-state index contributed by atoms with van der Waals surface area (Å²) in [5.41, 5.74) is 3.54. The van der Waals surface area contributed by atoms with E-state index in [-0.39, 0.29) is 0 Å². The van der Waals surface area contributed by atoms with E-state index in [0.717, 1.165) is 23.5 Å². The van der Waals surface area contributed by atoms with Crippen molar-refractivity contribution < 1.29 is 4.84 Å². The number of anilines is 1. The van der Waals surface area contributed by atoms with E-state index in [1.165, 1.54) is 5.56 Å². The van der Waals surface area contributed by atoms with Crippen molar-refractivity contribution in [3.8, 4) is 5.75 Å². The number of nitrogens with zero attached hydrogens (tertiary/aromatic N) is 1. The number of hydroxylamine groups is 1. The molecule has 0 saturated carbocycles. The van der Waals surface area contributed by atoms with Crippen molar-refractivity contribution >= 4 is 5.69 Å². The molecule has 0 fully saturated rings. The van der Waals surface area contributed by atoms with Gasteiger partial charge in [0.15, 0.2) is 5.75 Å². The van der Waals surface area contributed by atoms with Gasteiger partial charge in [0.25, 0.3) is 0 Å². The third-order valence-corrected chi connectivity index (χ3v) is 3.13. The van der Waals surface area contributed by atoms with Crippen molar-refractivity contribution in [1.82, 2.24) is 5.32 Å². The molecule has 0 radical (unpaired) electrons. The van der Waals surface area contributed by atoms with Gasteiger partial charge in [0.2, 0.25) is 0 Å². The third kappa shape index (κ3) is 2.05. The lowest BCUT2D eigenvalue weighted by molar-refractivity contribution is 0.258. The quantitative estimate of drug-likeness (QED) is 0.873. The van der Waals surface area contributed by atoms with Gasteiger partial charge in [-0.15, -0.1) is 0 Å². The van der Waals surface area contributed by atoms with Crippen LogP contribution in [0.2, 0.25) is 0 Å². The van der Waals surface area contributed by atoms with Crippen molar-refractivity contribution in [2.75, 3.05) is 11.7 Å². The van der Waals surface area contributed by atoms with Crippen LogP contribution in [0.5, 0.6) is 5.75 Å². The number of hydrogen-bond donors (Lipinski definition) is 1. The Morgan fingerprint density at radius 3 is 2.72 bits per heavy atom. The maximum atomic E-state index is 5.98. The molecule has 1 aliphatic rings. The number of para-hydroxylation sites is 2. The highest BCUT2D eigenvalue weighted by Gasteiger charge is 2.17. The molecule has 1 N–H and O–H groups in total. The molecule has 0 saturated heterocycles. The summed E-state index contributed by atoms with van der Waals surface area (Å²) in [6.07, 6.45) is 0. The van der Waals surface area contributed by atoms with Gasteiger partial charge in [0, 0.05) is 6.54 Å². The van der Waals surface area contributed by atoms with Gasteiger partial charge >= 0.3 is 0 Å². The predicted octanol–water partition coefficient (Wildman–Crippen LogP) is 2.86. The lowest BCUT2D eigenvalue weighted by Crippen LogP contribution is -2.41. The molecule has 1 aliphatic heterocycles. The molecule has 3 rings (SSSR count). The van der Waals surface area contributed by atoms with Crippen LogP contribution >= 0.6 is 0 Å². The number of rotatable bonds is 2. The van der Waals surface area contributed by atoms with E-state index >= 15 is 0 Å². The Morgan fingerprint density at radius 1 is 1.06 bits per heavy atom. The molecule has 0 spiro atoms. The Balaban J connectivity index is 1.89. The SMILES string of the molecule is Cc1ccccc1ON1CNCc2ccccc21. The van der Waals surface area contributed by atoms with Crippen LogP contribution in [0, 0.1) is 6.92 Å². The first kappa shape index (κ1) is 11.1. The van der Waals surface area contributed by atoms with Crippen LogP contribution in [0.4, 0.5) is 5.69 Å². The van der Waals surface area contributed by atoms with Crippen LogP contribution in [0.25, 0.3) is 0 Å². The zero-order chi connectivity index (χ0) is 12.4. The van der Waals surface area contributed by atoms with Gasteiger partial charge in [0.05, 0.1) is 5.69 Å². The summed E-state index contributed by atoms with van der Waals surface area (Å²) in [5.74, 6) is 0.899. The highest BCUT2D eigenvalue weighted by atomic mass is 16.7. The predicted molar refractivity (Wildman–Crippen MR) is 72.4 cm³/mol. The first-order valence-electron chi connectivity index (χ1n) is 6.14. The minimum Gasteiger partial charge on any atom is -0.378 e. The minimum atomic E-state index is 0.700. The summed E-state index contributed by atoms with van der Waals surface area (Å²) in [7, 11) is 0. The fourth-order valence-corrected chi connectivity index (χ4v) is 2.14. The van der Waals surface area contributed by atoms with Gasteiger partial charge < -0.3 is 4.84 Å². The number of nitrogens with one attached hydrogen (secondary N) is 1. The second kappa shape index (κ2) is 4.70. The Kier molecular flexibility index (Phi) is 2.90. The number of benzene rings is 2. The molecular weight excluding hydrogens is 224 g/mol. The standard InChI is InChI=1S/C15H16N2O/c1-12-6-2-5-9-15(12)18-17-11-16-10-13-7-3-4-8-14(13)17/h2-9,16H,10-11H2,1H3. The third-order valence-electron chi connectivity index (χ3n) is 3.13. The molecule has 0 aliphatic carbocycles. The summed E-state index contributed by atoms with van der Waals surface area (Å²) in [6.45, 7) is 3.65. The first-order valence-corrected chi connectivity index (χ1v) is 6.14. The van der Waals surface area contributed by atoms with Crippen molar-refractivity contribution in [2.24, 2.45) is 0 Å². The molecule has 0 aromatic heterocycles. The van der Waals surface area contributed by atoms with E-state index < -0.39 is 0 Å². The lowest BCUT2D eigenvalue weighted by Gasteiger charge is -2.31. The molecule has 3 heteroatoms. The van der Waals surface area contributed by atoms with Crippen LogP contribution in [-0.2, 0) is 6.54 Å². The summed E-state index contributed by atoms with van der Waals surface area (Å²) >= 11 is 0. The Morgan fingerprint density at radius 2 is 1.83 bits per heavy atom. The average Bonchev–Trinajstić information content (AvgIpc) is 2.42. The molecule has 0 unspecified atom stereocenters. The molecule has 2 aromatic carbocycles. The zero-order valence-corrected chi connectivity index (χ0v) is 10.4. The van der Waals surface area contributed by atoms with Gasteiger partial charge in [-0.05, 0) is 30.2 Å². The van der Waals surface area contributed by atoms with E-state index in [1.54, 1.807) is 0 Å². The van der Waals surface area contributed by atoms with Gasteiger partial charge in [-0.2, -0.15) is 5.06 Å². The van der Waals surface area contributed by atoms with Crippen LogP contribution in [0.3, 0.4) is 0 Å². The summed E-state index contributed by atoms with van der Waals surface area (Å²) in [5, 5.41) is 5.24. The van der Waals surface area contributed by atoms with Crippen molar-refractivity contribution in [1.29, 1.82) is 0 Å². The van der Waals surface area contributed by atoms with Crippen LogP contribution in [0.1, 0.15) is 11.1 Å². The fourth-order valence-electron chi connectivity index (χ4n) is 2.14. The van der Waals surface area contributed by atoms with Crippen molar-refractivity contribution in [2.45, 2.75) is 13.5 Å². The minimum absolute atomic E-state index is 0.700. The topological polar surface area (TPSA) is 24.5 Å². The molecule has 0 atom stereocenters. The molecule has 0 amide bonds. The van der Waals surface area contributed by atoms with Crippen LogP contribution in [0.15, 0.2) is 48.5 Å². The molecular formula is C15H16N2O. The Labute approximate surface area is 107 Å². The molecule has 92 valence electrons. The Hall–Kier alpha value is -2.00. The number of fused-ring (bicyclic) bond motifs is 1. The van der Waals surface area contributed by atoms with E-state index in [1.807, 2.05) is 29.3 Å². The summed E-state index contributed by atoms with van der Waals surface area (Å²) < 4.78 is 0. The van der Waals surface area contributed by atoms with E-state index in [4.69, 9.17) is 4.84 Å². The van der Waals surface area contributed by atoms with Crippen LogP contribution in [-0.4, -0.2) is 6.67 Å². The number of hydrogen-bond acceptors (Lipinski definition) is 3. The number of aryl methyl sites for hydroxylation is 1. The van der Waals surface area contributed by atoms with E-state index in [9.17, 15) is 0 Å².